The Labute approximate surface area is 207 Å². The topological polar surface area (TPSA) is 68.3 Å². The van der Waals surface area contributed by atoms with Crippen LogP contribution < -0.4 is 5.32 Å². The largest absolute Gasteiger partial charge is 0.455 e. The quantitative estimate of drug-likeness (QED) is 0.319. The molecule has 1 fully saturated rings. The van der Waals surface area contributed by atoms with Crippen LogP contribution in [0.1, 0.15) is 36.8 Å². The number of ether oxygens (including phenoxy) is 1. The molecule has 0 atom stereocenters. The lowest BCUT2D eigenvalue weighted by Gasteiger charge is -2.27. The van der Waals surface area contributed by atoms with Gasteiger partial charge in [-0.15, -0.1) is 11.3 Å². The molecular weight excluding hydrogens is 463 g/mol. The number of rotatable bonds is 6. The predicted octanol–water partition coefficient (Wildman–Crippen LogP) is 6.40. The van der Waals surface area contributed by atoms with Gasteiger partial charge in [0, 0.05) is 16.8 Å². The maximum atomic E-state index is 14.5. The Bertz CT molecular complexity index is 1390. The van der Waals surface area contributed by atoms with E-state index in [1.54, 1.807) is 41.7 Å². The minimum atomic E-state index is -1.02. The number of nitrogens with one attached hydrogen (secondary N) is 1. The number of anilines is 1. The minimum Gasteiger partial charge on any atom is -0.455 e. The Morgan fingerprint density at radius 1 is 1.06 bits per heavy atom. The first-order valence-corrected chi connectivity index (χ1v) is 12.5. The van der Waals surface area contributed by atoms with Crippen LogP contribution in [0.4, 0.5) is 10.1 Å². The number of hydrogen-bond acceptors (Lipinski definition) is 5. The molecule has 0 radical (unpaired) electrons. The average molecular weight is 489 g/mol. The molecule has 1 aromatic heterocycles. The maximum Gasteiger partial charge on any atom is 0.317 e. The first kappa shape index (κ1) is 23.2. The number of hydrogen-bond donors (Lipinski definition) is 1. The molecule has 0 spiro atoms. The molecule has 4 aromatic rings. The monoisotopic (exact) mass is 488 g/mol. The number of amides is 1. The Balaban J connectivity index is 1.22. The van der Waals surface area contributed by atoms with Gasteiger partial charge in [0.15, 0.2) is 6.61 Å². The second-order valence-corrected chi connectivity index (χ2v) is 9.99. The van der Waals surface area contributed by atoms with Crippen LogP contribution in [-0.4, -0.2) is 23.5 Å². The summed E-state index contributed by atoms with van der Waals surface area (Å²) < 4.78 is 21.0. The normalized spacial score (nSPS) is 14.7. The highest BCUT2D eigenvalue weighted by Crippen LogP contribution is 2.43. The highest BCUT2D eigenvalue weighted by atomic mass is 32.1. The molecule has 5 rings (SSSR count). The van der Waals surface area contributed by atoms with Crippen LogP contribution in [0.5, 0.6) is 0 Å². The number of carbonyl (C=O) groups excluding carboxylic acids is 2. The number of thiazole rings is 1. The Kier molecular flexibility index (Phi) is 6.34. The summed E-state index contributed by atoms with van der Waals surface area (Å²) in [5, 5.41) is 3.67. The van der Waals surface area contributed by atoms with Gasteiger partial charge >= 0.3 is 5.97 Å². The van der Waals surface area contributed by atoms with E-state index >= 15 is 0 Å². The van der Waals surface area contributed by atoms with Gasteiger partial charge < -0.3 is 10.1 Å². The fraction of sp³-hybridized carbons (Fsp3) is 0.250. The first-order chi connectivity index (χ1) is 16.9. The van der Waals surface area contributed by atoms with Crippen molar-refractivity contribution in [2.24, 2.45) is 0 Å². The zero-order chi connectivity index (χ0) is 24.4. The SMILES string of the molecule is Cc1ccc2nc(-c3ccc(NC(=O)COC(=O)C4(c5ccccc5F)CCCC4)cc3)sc2c1. The van der Waals surface area contributed by atoms with E-state index in [9.17, 15) is 14.0 Å². The number of aryl methyl sites for hydroxylation is 1. The van der Waals surface area contributed by atoms with Crippen molar-refractivity contribution in [2.45, 2.75) is 38.0 Å². The van der Waals surface area contributed by atoms with E-state index in [1.165, 1.54) is 11.6 Å². The summed E-state index contributed by atoms with van der Waals surface area (Å²) in [5.74, 6) is -1.40. The second-order valence-electron chi connectivity index (χ2n) is 8.96. The van der Waals surface area contributed by atoms with Crippen LogP contribution in [0.25, 0.3) is 20.8 Å². The van der Waals surface area contributed by atoms with Crippen LogP contribution in [0.3, 0.4) is 0 Å². The zero-order valence-corrected chi connectivity index (χ0v) is 20.2. The molecule has 0 bridgehead atoms. The van der Waals surface area contributed by atoms with E-state index in [0.717, 1.165) is 33.6 Å². The Morgan fingerprint density at radius 3 is 2.54 bits per heavy atom. The van der Waals surface area contributed by atoms with Crippen LogP contribution >= 0.6 is 11.3 Å². The van der Waals surface area contributed by atoms with Gasteiger partial charge in [-0.3, -0.25) is 9.59 Å². The van der Waals surface area contributed by atoms with E-state index in [1.807, 2.05) is 24.3 Å². The lowest BCUT2D eigenvalue weighted by molar-refractivity contribution is -0.153. The summed E-state index contributed by atoms with van der Waals surface area (Å²) >= 11 is 1.62. The average Bonchev–Trinajstić information content (AvgIpc) is 3.51. The van der Waals surface area contributed by atoms with Crippen molar-refractivity contribution >= 4 is 39.1 Å². The molecule has 0 aliphatic heterocycles. The fourth-order valence-electron chi connectivity index (χ4n) is 4.73. The standard InChI is InChI=1S/C28H25FN2O3S/c1-18-8-13-23-24(16-18)35-26(31-23)19-9-11-20(12-10-19)30-25(32)17-34-27(33)28(14-4-5-15-28)21-6-2-3-7-22(21)29/h2-3,6-13,16H,4-5,14-15,17H2,1H3,(H,30,32). The van der Waals surface area contributed by atoms with Gasteiger partial charge in [-0.1, -0.05) is 37.1 Å². The molecule has 3 aromatic carbocycles. The molecule has 1 aliphatic carbocycles. The zero-order valence-electron chi connectivity index (χ0n) is 19.3. The van der Waals surface area contributed by atoms with Crippen molar-refractivity contribution in [3.63, 3.8) is 0 Å². The third-order valence-electron chi connectivity index (χ3n) is 6.53. The number of aromatic nitrogens is 1. The molecule has 1 aliphatic rings. The van der Waals surface area contributed by atoms with Crippen molar-refractivity contribution in [1.29, 1.82) is 0 Å². The molecule has 0 unspecified atom stereocenters. The molecule has 1 amide bonds. The molecule has 5 nitrogen and oxygen atoms in total. The van der Waals surface area contributed by atoms with Crippen LogP contribution in [0.2, 0.25) is 0 Å². The van der Waals surface area contributed by atoms with Crippen molar-refractivity contribution in [3.05, 3.63) is 83.7 Å². The van der Waals surface area contributed by atoms with Crippen molar-refractivity contribution in [1.82, 2.24) is 4.98 Å². The van der Waals surface area contributed by atoms with E-state index in [0.29, 0.717) is 24.1 Å². The number of benzene rings is 3. The van der Waals surface area contributed by atoms with E-state index in [-0.39, 0.29) is 0 Å². The van der Waals surface area contributed by atoms with Gasteiger partial charge in [-0.2, -0.15) is 0 Å². The first-order valence-electron chi connectivity index (χ1n) is 11.6. The molecule has 1 N–H and O–H groups in total. The second kappa shape index (κ2) is 9.58. The van der Waals surface area contributed by atoms with Crippen LogP contribution in [0, 0.1) is 12.7 Å². The van der Waals surface area contributed by atoms with E-state index < -0.39 is 29.7 Å². The van der Waals surface area contributed by atoms with Crippen LogP contribution in [0.15, 0.2) is 66.7 Å². The lowest BCUT2D eigenvalue weighted by Crippen LogP contribution is -2.37. The molecule has 1 heterocycles. The lowest BCUT2D eigenvalue weighted by atomic mass is 9.78. The highest BCUT2D eigenvalue weighted by molar-refractivity contribution is 7.21. The maximum absolute atomic E-state index is 14.5. The number of carbonyl (C=O) groups is 2. The summed E-state index contributed by atoms with van der Waals surface area (Å²) in [6.07, 6.45) is 2.66. The number of esters is 1. The van der Waals surface area contributed by atoms with Gasteiger partial charge in [0.1, 0.15) is 10.8 Å². The Morgan fingerprint density at radius 2 is 1.80 bits per heavy atom. The molecule has 7 heteroatoms. The summed E-state index contributed by atoms with van der Waals surface area (Å²) in [4.78, 5) is 30.2. The third kappa shape index (κ3) is 4.68. The summed E-state index contributed by atoms with van der Waals surface area (Å²) in [6, 6.07) is 19.9. The van der Waals surface area contributed by atoms with Gasteiger partial charge in [-0.25, -0.2) is 9.37 Å². The van der Waals surface area contributed by atoms with Gasteiger partial charge in [0.05, 0.1) is 15.6 Å². The minimum absolute atomic E-state index is 0.350. The summed E-state index contributed by atoms with van der Waals surface area (Å²) in [6.45, 7) is 1.63. The fourth-order valence-corrected chi connectivity index (χ4v) is 5.80. The van der Waals surface area contributed by atoms with E-state index in [2.05, 4.69) is 23.3 Å². The Hall–Kier alpha value is -3.58. The van der Waals surface area contributed by atoms with Crippen LogP contribution in [-0.2, 0) is 19.7 Å². The third-order valence-corrected chi connectivity index (χ3v) is 7.60. The molecule has 0 saturated heterocycles. The van der Waals surface area contributed by atoms with Crippen molar-refractivity contribution < 1.29 is 18.7 Å². The molecule has 35 heavy (non-hydrogen) atoms. The predicted molar refractivity (Wildman–Crippen MR) is 136 cm³/mol. The highest BCUT2D eigenvalue weighted by Gasteiger charge is 2.45. The molecular formula is C28H25FN2O3S. The van der Waals surface area contributed by atoms with Gasteiger partial charge in [-0.05, 0) is 67.8 Å². The van der Waals surface area contributed by atoms with E-state index in [4.69, 9.17) is 4.74 Å². The van der Waals surface area contributed by atoms with Crippen molar-refractivity contribution in [3.8, 4) is 10.6 Å². The summed E-state index contributed by atoms with van der Waals surface area (Å²) in [7, 11) is 0. The smallest absolute Gasteiger partial charge is 0.317 e. The summed E-state index contributed by atoms with van der Waals surface area (Å²) in [5.41, 5.74) is 3.04. The van der Waals surface area contributed by atoms with Gasteiger partial charge in [0.2, 0.25) is 0 Å². The molecule has 1 saturated carbocycles. The molecule has 178 valence electrons. The number of fused-ring (bicyclic) bond motifs is 1. The number of halogens is 1. The van der Waals surface area contributed by atoms with Crippen molar-refractivity contribution in [2.75, 3.05) is 11.9 Å². The van der Waals surface area contributed by atoms with Gasteiger partial charge in [0.25, 0.3) is 5.91 Å². The number of nitrogens with zero attached hydrogens (tertiary/aromatic N) is 1.